The van der Waals surface area contributed by atoms with Crippen molar-refractivity contribution in [3.63, 3.8) is 0 Å². The van der Waals surface area contributed by atoms with Crippen LogP contribution in [0.2, 0.25) is 0 Å². The maximum Gasteiger partial charge on any atom is 0.410 e. The summed E-state index contributed by atoms with van der Waals surface area (Å²) in [7, 11) is 3.51. The first-order valence-corrected chi connectivity index (χ1v) is 10.6. The molecule has 0 aliphatic rings. The normalized spacial score (nSPS) is 12.9. The van der Waals surface area contributed by atoms with Crippen molar-refractivity contribution in [2.24, 2.45) is 10.9 Å². The molecule has 2 rings (SSSR count). The Bertz CT molecular complexity index is 825. The van der Waals surface area contributed by atoms with E-state index in [1.165, 1.54) is 0 Å². The van der Waals surface area contributed by atoms with Crippen molar-refractivity contribution in [3.05, 3.63) is 53.9 Å². The van der Waals surface area contributed by atoms with Crippen molar-refractivity contribution in [1.29, 1.82) is 0 Å². The van der Waals surface area contributed by atoms with Crippen LogP contribution >= 0.6 is 0 Å². The fourth-order valence-electron chi connectivity index (χ4n) is 2.91. The van der Waals surface area contributed by atoms with Crippen LogP contribution < -0.4 is 10.6 Å². The van der Waals surface area contributed by atoms with E-state index in [2.05, 4.69) is 39.8 Å². The second-order valence-corrected chi connectivity index (χ2v) is 8.79. The molecule has 8 heteroatoms. The van der Waals surface area contributed by atoms with Crippen LogP contribution in [0.25, 0.3) is 0 Å². The summed E-state index contributed by atoms with van der Waals surface area (Å²) in [5.41, 5.74) is 1.69. The number of hydrogen-bond donors (Lipinski definition) is 2. The summed E-state index contributed by atoms with van der Waals surface area (Å²) in [5, 5.41) is 10.9. The van der Waals surface area contributed by atoms with Gasteiger partial charge in [0.05, 0.1) is 0 Å². The fraction of sp³-hybridized carbons (Fsp3) is 0.522. The minimum atomic E-state index is -0.496. The highest BCUT2D eigenvalue weighted by atomic mass is 16.6. The highest BCUT2D eigenvalue weighted by Crippen LogP contribution is 2.12. The van der Waals surface area contributed by atoms with Crippen molar-refractivity contribution >= 4 is 12.1 Å². The molecule has 1 amide bonds. The average molecular weight is 429 g/mol. The molecule has 0 fully saturated rings. The lowest BCUT2D eigenvalue weighted by Crippen LogP contribution is -2.39. The quantitative estimate of drug-likeness (QED) is 0.498. The predicted molar refractivity (Wildman–Crippen MR) is 124 cm³/mol. The van der Waals surface area contributed by atoms with E-state index in [0.717, 1.165) is 30.2 Å². The lowest BCUT2D eigenvalue weighted by atomic mass is 10.1. The highest BCUT2D eigenvalue weighted by molar-refractivity contribution is 5.79. The second kappa shape index (κ2) is 11.4. The SMILES string of the molecule is CN=C(NCc1ccc(CN(C)C(=O)OC(C)(C)C)cc1)NCC(C)Cn1cccn1. The number of aromatic nitrogens is 2. The van der Waals surface area contributed by atoms with Crippen molar-refractivity contribution < 1.29 is 9.53 Å². The zero-order chi connectivity index (χ0) is 22.9. The van der Waals surface area contributed by atoms with E-state index < -0.39 is 5.60 Å². The summed E-state index contributed by atoms with van der Waals surface area (Å²) in [5.74, 6) is 1.18. The van der Waals surface area contributed by atoms with Crippen LogP contribution in [0.1, 0.15) is 38.8 Å². The molecule has 2 aromatic rings. The van der Waals surface area contributed by atoms with Crippen molar-refractivity contribution in [3.8, 4) is 0 Å². The number of amides is 1. The van der Waals surface area contributed by atoms with E-state index in [1.807, 2.05) is 49.8 Å². The molecule has 1 aromatic carbocycles. The van der Waals surface area contributed by atoms with Gasteiger partial charge in [-0.25, -0.2) is 4.79 Å². The number of aliphatic imine (C=N–C) groups is 1. The van der Waals surface area contributed by atoms with E-state index in [9.17, 15) is 4.79 Å². The van der Waals surface area contributed by atoms with Crippen LogP contribution in [-0.2, 0) is 24.4 Å². The van der Waals surface area contributed by atoms with E-state index in [1.54, 1.807) is 25.2 Å². The van der Waals surface area contributed by atoms with Crippen LogP contribution in [0.3, 0.4) is 0 Å². The molecular formula is C23H36N6O2. The van der Waals surface area contributed by atoms with Gasteiger partial charge in [-0.1, -0.05) is 31.2 Å². The number of ether oxygens (including phenoxy) is 1. The maximum absolute atomic E-state index is 12.1. The third kappa shape index (κ3) is 9.11. The third-order valence-corrected chi connectivity index (χ3v) is 4.51. The average Bonchev–Trinajstić information content (AvgIpc) is 3.21. The summed E-state index contributed by atoms with van der Waals surface area (Å²) < 4.78 is 7.33. The Kier molecular flexibility index (Phi) is 8.90. The number of nitrogens with zero attached hydrogens (tertiary/aromatic N) is 4. The van der Waals surface area contributed by atoms with Gasteiger partial charge in [0.25, 0.3) is 0 Å². The van der Waals surface area contributed by atoms with Gasteiger partial charge in [0.15, 0.2) is 5.96 Å². The van der Waals surface area contributed by atoms with Gasteiger partial charge in [0.2, 0.25) is 0 Å². The number of carbonyl (C=O) groups excluding carboxylic acids is 1. The van der Waals surface area contributed by atoms with Gasteiger partial charge in [-0.15, -0.1) is 0 Å². The largest absolute Gasteiger partial charge is 0.444 e. The fourth-order valence-corrected chi connectivity index (χ4v) is 2.91. The molecule has 0 aliphatic carbocycles. The highest BCUT2D eigenvalue weighted by Gasteiger charge is 2.19. The number of nitrogens with one attached hydrogen (secondary N) is 2. The molecule has 0 saturated heterocycles. The Morgan fingerprint density at radius 2 is 1.90 bits per heavy atom. The lowest BCUT2D eigenvalue weighted by molar-refractivity contribution is 0.0285. The van der Waals surface area contributed by atoms with Gasteiger partial charge >= 0.3 is 6.09 Å². The Morgan fingerprint density at radius 1 is 1.23 bits per heavy atom. The number of carbonyl (C=O) groups is 1. The molecule has 2 N–H and O–H groups in total. The topological polar surface area (TPSA) is 83.8 Å². The van der Waals surface area contributed by atoms with Gasteiger partial charge in [0.1, 0.15) is 5.60 Å². The minimum absolute atomic E-state index is 0.324. The smallest absolute Gasteiger partial charge is 0.410 e. The van der Waals surface area contributed by atoms with E-state index >= 15 is 0 Å². The monoisotopic (exact) mass is 428 g/mol. The molecule has 1 atom stereocenters. The number of benzene rings is 1. The second-order valence-electron chi connectivity index (χ2n) is 8.79. The molecule has 1 heterocycles. The van der Waals surface area contributed by atoms with E-state index in [4.69, 9.17) is 4.74 Å². The first kappa shape index (κ1) is 24.2. The van der Waals surface area contributed by atoms with Crippen LogP contribution in [0, 0.1) is 5.92 Å². The molecule has 0 spiro atoms. The van der Waals surface area contributed by atoms with Crippen LogP contribution in [0.15, 0.2) is 47.7 Å². The molecule has 0 aliphatic heterocycles. The Hall–Kier alpha value is -3.03. The minimum Gasteiger partial charge on any atom is -0.444 e. The molecular weight excluding hydrogens is 392 g/mol. The zero-order valence-corrected chi connectivity index (χ0v) is 19.6. The number of guanidine groups is 1. The van der Waals surface area contributed by atoms with Gasteiger partial charge in [0, 0.05) is 52.7 Å². The van der Waals surface area contributed by atoms with Crippen LogP contribution in [0.5, 0.6) is 0 Å². The Balaban J connectivity index is 1.76. The summed E-state index contributed by atoms with van der Waals surface area (Å²) in [6.45, 7) is 10.6. The molecule has 170 valence electrons. The van der Waals surface area contributed by atoms with E-state index in [0.29, 0.717) is 19.0 Å². The summed E-state index contributed by atoms with van der Waals surface area (Å²) in [4.78, 5) is 18.0. The van der Waals surface area contributed by atoms with Crippen molar-refractivity contribution in [2.45, 2.75) is 52.9 Å². The molecule has 0 bridgehead atoms. The Labute approximate surface area is 185 Å². The molecule has 0 saturated carbocycles. The number of rotatable bonds is 8. The van der Waals surface area contributed by atoms with Crippen LogP contribution in [-0.4, -0.2) is 53.0 Å². The standard InChI is InChI=1S/C23H36N6O2/c1-18(16-29-13-7-12-27-29)14-25-21(24-5)26-15-19-8-10-20(11-9-19)17-28(6)22(30)31-23(2,3)4/h7-13,18H,14-17H2,1-6H3,(H2,24,25,26). The van der Waals surface area contributed by atoms with Gasteiger partial charge < -0.3 is 20.3 Å². The Morgan fingerprint density at radius 3 is 2.48 bits per heavy atom. The lowest BCUT2D eigenvalue weighted by Gasteiger charge is -2.24. The van der Waals surface area contributed by atoms with Gasteiger partial charge in [-0.05, 0) is 43.9 Å². The molecule has 1 unspecified atom stereocenters. The maximum atomic E-state index is 12.1. The van der Waals surface area contributed by atoms with Crippen molar-refractivity contribution in [1.82, 2.24) is 25.3 Å². The van der Waals surface area contributed by atoms with Gasteiger partial charge in [-0.2, -0.15) is 5.10 Å². The predicted octanol–water partition coefficient (Wildman–Crippen LogP) is 3.25. The third-order valence-electron chi connectivity index (χ3n) is 4.51. The number of hydrogen-bond acceptors (Lipinski definition) is 4. The summed E-state index contributed by atoms with van der Waals surface area (Å²) >= 11 is 0. The van der Waals surface area contributed by atoms with E-state index in [-0.39, 0.29) is 6.09 Å². The van der Waals surface area contributed by atoms with Gasteiger partial charge in [-0.3, -0.25) is 9.67 Å². The summed E-state index contributed by atoms with van der Waals surface area (Å²) in [6, 6.07) is 10.1. The van der Waals surface area contributed by atoms with Crippen molar-refractivity contribution in [2.75, 3.05) is 20.6 Å². The first-order chi connectivity index (χ1) is 14.7. The molecule has 31 heavy (non-hydrogen) atoms. The first-order valence-electron chi connectivity index (χ1n) is 10.6. The van der Waals surface area contributed by atoms with Crippen LogP contribution in [0.4, 0.5) is 4.79 Å². The summed E-state index contributed by atoms with van der Waals surface area (Å²) in [6.07, 6.45) is 3.44. The molecule has 8 nitrogen and oxygen atoms in total. The molecule has 0 radical (unpaired) electrons. The zero-order valence-electron chi connectivity index (χ0n) is 19.6. The molecule has 1 aromatic heterocycles.